The minimum atomic E-state index is -0.522. The summed E-state index contributed by atoms with van der Waals surface area (Å²) < 4.78 is 0.760. The van der Waals surface area contributed by atoms with Crippen LogP contribution in [0, 0.1) is 0 Å². The van der Waals surface area contributed by atoms with Crippen LogP contribution >= 0.6 is 15.9 Å². The average Bonchev–Trinajstić information content (AvgIpc) is 2.42. The fraction of sp³-hybridized carbons (Fsp3) is 0.133. The molecule has 0 fully saturated rings. The second kappa shape index (κ2) is 6.07. The van der Waals surface area contributed by atoms with Crippen molar-refractivity contribution in [3.8, 4) is 0 Å². The van der Waals surface area contributed by atoms with E-state index in [2.05, 4.69) is 21.2 Å². The Hall–Kier alpha value is -1.85. The number of anilines is 2. The van der Waals surface area contributed by atoms with Crippen molar-refractivity contribution in [1.82, 2.24) is 0 Å². The van der Waals surface area contributed by atoms with Gasteiger partial charge in [0.05, 0.1) is 6.10 Å². The zero-order valence-electron chi connectivity index (χ0n) is 10.9. The van der Waals surface area contributed by atoms with Gasteiger partial charge in [0.1, 0.15) is 0 Å². The van der Waals surface area contributed by atoms with Crippen molar-refractivity contribution in [3.63, 3.8) is 0 Å². The summed E-state index contributed by atoms with van der Waals surface area (Å²) in [6.45, 7) is 1.69. The quantitative estimate of drug-likeness (QED) is 0.753. The molecule has 104 valence electrons. The van der Waals surface area contributed by atoms with Crippen LogP contribution in [0.5, 0.6) is 0 Å². The van der Waals surface area contributed by atoms with Crippen LogP contribution in [0.1, 0.15) is 28.9 Å². The summed E-state index contributed by atoms with van der Waals surface area (Å²) >= 11 is 3.29. The average molecular weight is 335 g/mol. The van der Waals surface area contributed by atoms with Crippen molar-refractivity contribution in [1.29, 1.82) is 0 Å². The topological polar surface area (TPSA) is 75.3 Å². The lowest BCUT2D eigenvalue weighted by Gasteiger charge is -2.09. The second-order valence-electron chi connectivity index (χ2n) is 4.49. The number of nitrogen functional groups attached to an aromatic ring is 1. The van der Waals surface area contributed by atoms with Crippen molar-refractivity contribution >= 4 is 33.2 Å². The molecule has 0 bridgehead atoms. The molecule has 2 aromatic rings. The number of carbonyl (C=O) groups is 1. The van der Waals surface area contributed by atoms with Gasteiger partial charge in [0.25, 0.3) is 5.91 Å². The second-order valence-corrected chi connectivity index (χ2v) is 5.34. The molecule has 0 radical (unpaired) electrons. The summed E-state index contributed by atoms with van der Waals surface area (Å²) in [6, 6.07) is 12.1. The molecule has 4 N–H and O–H groups in total. The number of nitrogens with one attached hydrogen (secondary N) is 1. The van der Waals surface area contributed by atoms with E-state index in [9.17, 15) is 9.90 Å². The first-order valence-electron chi connectivity index (χ1n) is 6.12. The Morgan fingerprint density at radius 1 is 1.25 bits per heavy atom. The van der Waals surface area contributed by atoms with Crippen LogP contribution in [0.15, 0.2) is 46.9 Å². The molecule has 0 heterocycles. The lowest BCUT2D eigenvalue weighted by Crippen LogP contribution is -2.12. The fourth-order valence-corrected chi connectivity index (χ4v) is 1.98. The fourth-order valence-electron chi connectivity index (χ4n) is 1.73. The number of hydrogen-bond acceptors (Lipinski definition) is 3. The van der Waals surface area contributed by atoms with Gasteiger partial charge in [0.15, 0.2) is 0 Å². The first-order valence-corrected chi connectivity index (χ1v) is 6.91. The molecule has 0 aromatic heterocycles. The standard InChI is InChI=1S/C15H15BrN2O2/c1-9(19)10-2-5-12(6-3-10)18-15(20)11-4-7-13(16)14(17)8-11/h2-9,19H,17H2,1H3,(H,18,20)/t9-/m1/s1. The van der Waals surface area contributed by atoms with Gasteiger partial charge in [-0.05, 0) is 58.7 Å². The highest BCUT2D eigenvalue weighted by atomic mass is 79.9. The van der Waals surface area contributed by atoms with Gasteiger partial charge in [-0.3, -0.25) is 4.79 Å². The maximum Gasteiger partial charge on any atom is 0.255 e. The maximum atomic E-state index is 12.1. The molecule has 0 saturated carbocycles. The molecule has 0 aliphatic heterocycles. The highest BCUT2D eigenvalue weighted by Crippen LogP contribution is 2.21. The number of benzene rings is 2. The third kappa shape index (κ3) is 3.37. The summed E-state index contributed by atoms with van der Waals surface area (Å²) in [5.74, 6) is -0.228. The molecule has 0 unspecified atom stereocenters. The lowest BCUT2D eigenvalue weighted by molar-refractivity contribution is 0.102. The molecule has 0 aliphatic rings. The largest absolute Gasteiger partial charge is 0.398 e. The van der Waals surface area contributed by atoms with Crippen LogP contribution in [0.4, 0.5) is 11.4 Å². The number of carbonyl (C=O) groups excluding carboxylic acids is 1. The highest BCUT2D eigenvalue weighted by Gasteiger charge is 2.08. The van der Waals surface area contributed by atoms with E-state index in [4.69, 9.17) is 5.73 Å². The molecule has 1 atom stereocenters. The van der Waals surface area contributed by atoms with E-state index in [1.807, 2.05) is 0 Å². The van der Waals surface area contributed by atoms with Crippen molar-refractivity contribution in [2.75, 3.05) is 11.1 Å². The Bertz CT molecular complexity index is 624. The Morgan fingerprint density at radius 3 is 2.45 bits per heavy atom. The molecule has 4 nitrogen and oxygen atoms in total. The van der Waals surface area contributed by atoms with Gasteiger partial charge >= 0.3 is 0 Å². The van der Waals surface area contributed by atoms with Crippen LogP contribution in [-0.2, 0) is 0 Å². The molecule has 2 rings (SSSR count). The van der Waals surface area contributed by atoms with Crippen molar-refractivity contribution < 1.29 is 9.90 Å². The third-order valence-corrected chi connectivity index (χ3v) is 3.63. The van der Waals surface area contributed by atoms with E-state index in [0.29, 0.717) is 16.9 Å². The minimum Gasteiger partial charge on any atom is -0.398 e. The smallest absolute Gasteiger partial charge is 0.255 e. The van der Waals surface area contributed by atoms with Gasteiger partial charge < -0.3 is 16.2 Å². The number of amides is 1. The molecule has 2 aromatic carbocycles. The summed E-state index contributed by atoms with van der Waals surface area (Å²) in [6.07, 6.45) is -0.522. The SMILES string of the molecule is C[C@@H](O)c1ccc(NC(=O)c2ccc(Br)c(N)c2)cc1. The first kappa shape index (κ1) is 14.6. The Morgan fingerprint density at radius 2 is 1.90 bits per heavy atom. The van der Waals surface area contributed by atoms with Gasteiger partial charge in [-0.25, -0.2) is 0 Å². The van der Waals surface area contributed by atoms with Gasteiger partial charge in [0.2, 0.25) is 0 Å². The van der Waals surface area contributed by atoms with Crippen LogP contribution in [0.3, 0.4) is 0 Å². The van der Waals surface area contributed by atoms with Crippen LogP contribution in [0.2, 0.25) is 0 Å². The number of hydrogen-bond donors (Lipinski definition) is 3. The predicted octanol–water partition coefficient (Wildman–Crippen LogP) is 3.34. The summed E-state index contributed by atoms with van der Waals surface area (Å²) in [5, 5.41) is 12.2. The van der Waals surface area contributed by atoms with Gasteiger partial charge in [-0.2, -0.15) is 0 Å². The highest BCUT2D eigenvalue weighted by molar-refractivity contribution is 9.10. The molecular formula is C15H15BrN2O2. The minimum absolute atomic E-state index is 0.228. The van der Waals surface area contributed by atoms with E-state index in [0.717, 1.165) is 10.0 Å². The van der Waals surface area contributed by atoms with E-state index < -0.39 is 6.10 Å². The summed E-state index contributed by atoms with van der Waals surface area (Å²) in [4.78, 5) is 12.1. The van der Waals surface area contributed by atoms with Crippen molar-refractivity contribution in [3.05, 3.63) is 58.1 Å². The zero-order chi connectivity index (χ0) is 14.7. The van der Waals surface area contributed by atoms with E-state index in [1.165, 1.54) is 0 Å². The van der Waals surface area contributed by atoms with Crippen molar-refractivity contribution in [2.24, 2.45) is 0 Å². The maximum absolute atomic E-state index is 12.1. The van der Waals surface area contributed by atoms with Crippen LogP contribution in [0.25, 0.3) is 0 Å². The monoisotopic (exact) mass is 334 g/mol. The zero-order valence-corrected chi connectivity index (χ0v) is 12.5. The van der Waals surface area contributed by atoms with Gasteiger partial charge in [-0.1, -0.05) is 12.1 Å². The van der Waals surface area contributed by atoms with Crippen molar-refractivity contribution in [2.45, 2.75) is 13.0 Å². The molecule has 5 heteroatoms. The first-order chi connectivity index (χ1) is 9.47. The number of rotatable bonds is 3. The number of nitrogens with two attached hydrogens (primary N) is 1. The molecule has 20 heavy (non-hydrogen) atoms. The van der Waals surface area contributed by atoms with E-state index >= 15 is 0 Å². The molecule has 0 spiro atoms. The molecule has 1 amide bonds. The Balaban J connectivity index is 2.12. The normalized spacial score (nSPS) is 11.9. The molecule has 0 aliphatic carbocycles. The lowest BCUT2D eigenvalue weighted by atomic mass is 10.1. The van der Waals surface area contributed by atoms with E-state index in [-0.39, 0.29) is 5.91 Å². The molecule has 0 saturated heterocycles. The van der Waals surface area contributed by atoms with Crippen LogP contribution in [-0.4, -0.2) is 11.0 Å². The summed E-state index contributed by atoms with van der Waals surface area (Å²) in [7, 11) is 0. The number of aliphatic hydroxyl groups excluding tert-OH is 1. The van der Waals surface area contributed by atoms with Gasteiger partial charge in [-0.15, -0.1) is 0 Å². The predicted molar refractivity (Wildman–Crippen MR) is 83.6 cm³/mol. The number of aliphatic hydroxyl groups is 1. The Kier molecular flexibility index (Phi) is 4.42. The number of halogens is 1. The molecular weight excluding hydrogens is 320 g/mol. The third-order valence-electron chi connectivity index (χ3n) is 2.91. The van der Waals surface area contributed by atoms with Crippen LogP contribution < -0.4 is 11.1 Å². The Labute approximate surface area is 125 Å². The summed E-state index contributed by atoms with van der Waals surface area (Å²) in [5.41, 5.74) is 8.23. The van der Waals surface area contributed by atoms with E-state index in [1.54, 1.807) is 49.4 Å². The van der Waals surface area contributed by atoms with Gasteiger partial charge in [0, 0.05) is 21.4 Å².